The number of rotatable bonds is 11. The Morgan fingerprint density at radius 2 is 1.30 bits per heavy atom. The second kappa shape index (κ2) is 14.1. The highest BCUT2D eigenvalue weighted by molar-refractivity contribution is 7.99. The van der Waals surface area contributed by atoms with Crippen LogP contribution in [0, 0.1) is 6.92 Å². The summed E-state index contributed by atoms with van der Waals surface area (Å²) in [4.78, 5) is 45.5. The van der Waals surface area contributed by atoms with Crippen molar-refractivity contribution >= 4 is 57.5 Å². The van der Waals surface area contributed by atoms with E-state index in [9.17, 15) is 14.4 Å². The normalized spacial score (nSPS) is 11.3. The molecule has 5 aromatic carbocycles. The maximum absolute atomic E-state index is 13.3. The second-order valence-corrected chi connectivity index (χ2v) is 12.2. The minimum absolute atomic E-state index is 0.000556. The van der Waals surface area contributed by atoms with Crippen molar-refractivity contribution in [1.29, 1.82) is 0 Å². The number of nitrogens with zero attached hydrogens (tertiary/aromatic N) is 1. The molecule has 0 radical (unpaired) electrons. The third-order valence-corrected chi connectivity index (χ3v) is 8.74. The van der Waals surface area contributed by atoms with Gasteiger partial charge in [0.2, 0.25) is 5.78 Å². The van der Waals surface area contributed by atoms with Crippen LogP contribution in [0.5, 0.6) is 0 Å². The number of ketones is 2. The summed E-state index contributed by atoms with van der Waals surface area (Å²) in [6, 6.07) is 36.8. The lowest BCUT2D eigenvalue weighted by atomic mass is 9.99. The third-order valence-electron chi connectivity index (χ3n) is 6.73. The molecule has 0 saturated carbocycles. The summed E-state index contributed by atoms with van der Waals surface area (Å²) in [5, 5.41) is 6.22. The van der Waals surface area contributed by atoms with E-state index in [1.54, 1.807) is 23.9 Å². The second-order valence-electron chi connectivity index (χ2n) is 9.85. The van der Waals surface area contributed by atoms with E-state index in [-0.39, 0.29) is 17.3 Å². The number of aryl methyl sites for hydroxylation is 1. The minimum atomic E-state index is -0.578. The Morgan fingerprint density at radius 3 is 1.98 bits per heavy atom. The number of Topliss-reactive ketones (excluding diaryl/α,β-unsaturated/α-hetero) is 1. The fraction of sp³-hybridized carbons (Fsp3) is 0.111. The fourth-order valence-electron chi connectivity index (χ4n) is 4.48. The van der Waals surface area contributed by atoms with Gasteiger partial charge in [0, 0.05) is 50.5 Å². The highest BCUT2D eigenvalue weighted by atomic mass is 32.2. The van der Waals surface area contributed by atoms with Crippen molar-refractivity contribution in [2.75, 3.05) is 5.75 Å². The van der Waals surface area contributed by atoms with Crippen LogP contribution in [0.25, 0.3) is 10.8 Å². The first kappa shape index (κ1) is 30.0. The molecule has 0 aliphatic heterocycles. The number of oxime groups is 1. The van der Waals surface area contributed by atoms with Gasteiger partial charge in [0.1, 0.15) is 5.71 Å². The molecule has 5 rings (SSSR count). The number of thioether (sulfide) groups is 1. The van der Waals surface area contributed by atoms with Crippen LogP contribution in [0.1, 0.15) is 45.2 Å². The Hall–Kier alpha value is -4.46. The fourth-order valence-corrected chi connectivity index (χ4v) is 6.20. The molecule has 0 heterocycles. The van der Waals surface area contributed by atoms with Crippen LogP contribution in [0.3, 0.4) is 0 Å². The summed E-state index contributed by atoms with van der Waals surface area (Å²) in [6.07, 6.45) is 0.341. The Kier molecular flexibility index (Phi) is 9.87. The van der Waals surface area contributed by atoms with Crippen molar-refractivity contribution in [3.8, 4) is 0 Å². The molecule has 0 atom stereocenters. The van der Waals surface area contributed by atoms with Crippen molar-refractivity contribution in [2.45, 2.75) is 35.0 Å². The number of hydrogen-bond donors (Lipinski definition) is 0. The molecule has 0 N–H and O–H groups in total. The SMILES string of the molecule is CC(=O)ON=C(CCSc1ccc2ccccc2c1)C(=O)c1ccc(Sc2ccc(C(=O)c3ccccc3C)cc2)cc1. The highest BCUT2D eigenvalue weighted by Crippen LogP contribution is 2.29. The van der Waals surface area contributed by atoms with Crippen molar-refractivity contribution in [3.63, 3.8) is 0 Å². The Balaban J connectivity index is 1.22. The lowest BCUT2D eigenvalue weighted by molar-refractivity contribution is -0.140. The van der Waals surface area contributed by atoms with Crippen LogP contribution in [-0.4, -0.2) is 29.0 Å². The van der Waals surface area contributed by atoms with E-state index < -0.39 is 5.97 Å². The molecule has 0 aromatic heterocycles. The van der Waals surface area contributed by atoms with Gasteiger partial charge in [-0.25, -0.2) is 4.79 Å². The van der Waals surface area contributed by atoms with Crippen molar-refractivity contribution in [2.24, 2.45) is 5.16 Å². The van der Waals surface area contributed by atoms with Gasteiger partial charge >= 0.3 is 5.97 Å². The van der Waals surface area contributed by atoms with Gasteiger partial charge in [-0.05, 0) is 83.9 Å². The van der Waals surface area contributed by atoms with Crippen LogP contribution in [-0.2, 0) is 9.63 Å². The lowest BCUT2D eigenvalue weighted by Gasteiger charge is -2.08. The number of carbonyl (C=O) groups excluding carboxylic acids is 3. The van der Waals surface area contributed by atoms with Gasteiger partial charge in [-0.2, -0.15) is 0 Å². The van der Waals surface area contributed by atoms with E-state index >= 15 is 0 Å². The number of carbonyl (C=O) groups is 3. The maximum Gasteiger partial charge on any atom is 0.331 e. The monoisotopic (exact) mass is 603 g/mol. The molecular weight excluding hydrogens is 575 g/mol. The molecular formula is C36H29NO4S2. The zero-order valence-corrected chi connectivity index (χ0v) is 25.4. The predicted molar refractivity (Wildman–Crippen MR) is 174 cm³/mol. The first-order chi connectivity index (χ1) is 20.9. The average Bonchev–Trinajstić information content (AvgIpc) is 3.03. The van der Waals surface area contributed by atoms with Crippen LogP contribution in [0.15, 0.2) is 135 Å². The van der Waals surface area contributed by atoms with Crippen LogP contribution < -0.4 is 0 Å². The number of benzene rings is 5. The summed E-state index contributed by atoms with van der Waals surface area (Å²) >= 11 is 3.15. The topological polar surface area (TPSA) is 72.8 Å². The molecule has 214 valence electrons. The van der Waals surface area contributed by atoms with Crippen LogP contribution in [0.4, 0.5) is 0 Å². The first-order valence-corrected chi connectivity index (χ1v) is 15.6. The molecule has 5 aromatic rings. The zero-order valence-electron chi connectivity index (χ0n) is 23.8. The molecule has 0 fully saturated rings. The summed E-state index contributed by atoms with van der Waals surface area (Å²) in [6.45, 7) is 3.19. The molecule has 0 spiro atoms. The summed E-state index contributed by atoms with van der Waals surface area (Å²) in [7, 11) is 0. The molecule has 0 unspecified atom stereocenters. The molecule has 0 bridgehead atoms. The average molecular weight is 604 g/mol. The highest BCUT2D eigenvalue weighted by Gasteiger charge is 2.17. The summed E-state index contributed by atoms with van der Waals surface area (Å²) in [5.74, 6) is -0.262. The quantitative estimate of drug-likeness (QED) is 0.0494. The van der Waals surface area contributed by atoms with Gasteiger partial charge < -0.3 is 4.84 Å². The van der Waals surface area contributed by atoms with E-state index in [4.69, 9.17) is 4.84 Å². The van der Waals surface area contributed by atoms with Gasteiger partial charge in [-0.1, -0.05) is 71.5 Å². The number of hydrogen-bond acceptors (Lipinski definition) is 7. The van der Waals surface area contributed by atoms with Crippen molar-refractivity contribution in [1.82, 2.24) is 0 Å². The van der Waals surface area contributed by atoms with E-state index in [1.807, 2.05) is 79.7 Å². The number of fused-ring (bicyclic) bond motifs is 1. The molecule has 0 saturated heterocycles. The molecule has 43 heavy (non-hydrogen) atoms. The largest absolute Gasteiger partial charge is 0.331 e. The van der Waals surface area contributed by atoms with Gasteiger partial charge in [-0.15, -0.1) is 11.8 Å². The first-order valence-electron chi connectivity index (χ1n) is 13.8. The van der Waals surface area contributed by atoms with Crippen LogP contribution >= 0.6 is 23.5 Å². The lowest BCUT2D eigenvalue weighted by Crippen LogP contribution is -2.16. The molecule has 5 nitrogen and oxygen atoms in total. The minimum Gasteiger partial charge on any atom is -0.318 e. The van der Waals surface area contributed by atoms with E-state index in [0.717, 1.165) is 25.6 Å². The van der Waals surface area contributed by atoms with E-state index in [1.165, 1.54) is 24.1 Å². The summed E-state index contributed by atoms with van der Waals surface area (Å²) in [5.41, 5.74) is 2.94. The van der Waals surface area contributed by atoms with Gasteiger partial charge in [-0.3, -0.25) is 9.59 Å². The van der Waals surface area contributed by atoms with Crippen molar-refractivity contribution in [3.05, 3.63) is 138 Å². The van der Waals surface area contributed by atoms with Gasteiger partial charge in [0.15, 0.2) is 5.78 Å². The third kappa shape index (κ3) is 7.89. The Bertz CT molecular complexity index is 1810. The molecule has 0 aliphatic rings. The Morgan fingerprint density at radius 1 is 0.698 bits per heavy atom. The van der Waals surface area contributed by atoms with Gasteiger partial charge in [0.25, 0.3) is 0 Å². The predicted octanol–water partition coefficient (Wildman–Crippen LogP) is 8.81. The molecule has 7 heteroatoms. The molecule has 0 amide bonds. The zero-order chi connectivity index (χ0) is 30.2. The standard InChI is InChI=1S/C36H29NO4S2/c1-24-7-3-6-10-33(24)35(39)27-12-16-30(17-13-27)43-31-18-14-28(15-19-31)36(40)34(37-41-25(2)38)21-22-42-32-20-11-26-8-4-5-9-29(26)23-32/h3-20,23H,21-22H2,1-2H3. The van der Waals surface area contributed by atoms with Gasteiger partial charge in [0.05, 0.1) is 0 Å². The van der Waals surface area contributed by atoms with E-state index in [2.05, 4.69) is 35.5 Å². The van der Waals surface area contributed by atoms with E-state index in [0.29, 0.717) is 28.9 Å². The smallest absolute Gasteiger partial charge is 0.318 e. The maximum atomic E-state index is 13.3. The Labute approximate surface area is 259 Å². The summed E-state index contributed by atoms with van der Waals surface area (Å²) < 4.78 is 0. The van der Waals surface area contributed by atoms with Crippen molar-refractivity contribution < 1.29 is 19.2 Å². The molecule has 0 aliphatic carbocycles. The van der Waals surface area contributed by atoms with Crippen LogP contribution in [0.2, 0.25) is 0 Å².